The van der Waals surface area contributed by atoms with Crippen LogP contribution in [-0.4, -0.2) is 42.7 Å². The number of rotatable bonds is 9. The predicted octanol–water partition coefficient (Wildman–Crippen LogP) is 2.84. The van der Waals surface area contributed by atoms with Gasteiger partial charge in [-0.15, -0.1) is 0 Å². The van der Waals surface area contributed by atoms with Gasteiger partial charge in [-0.05, 0) is 42.7 Å². The van der Waals surface area contributed by atoms with E-state index in [0.717, 1.165) is 5.56 Å². The molecule has 0 amide bonds. The SMILES string of the molecule is C=C(C)[C@@H](OC(=O)CCc1ccc(OC(C)=O)cc1)[C@@H]1C/C(=C/COC(C)=O)C(=O)O1. The van der Waals surface area contributed by atoms with Crippen LogP contribution in [0, 0.1) is 0 Å². The normalized spacial score (nSPS) is 17.6. The van der Waals surface area contributed by atoms with Crippen molar-refractivity contribution in [1.29, 1.82) is 0 Å². The number of carbonyl (C=O) groups is 4. The summed E-state index contributed by atoms with van der Waals surface area (Å²) in [6.45, 7) is 8.11. The molecule has 31 heavy (non-hydrogen) atoms. The largest absolute Gasteiger partial charge is 0.462 e. The quantitative estimate of drug-likeness (QED) is 0.194. The van der Waals surface area contributed by atoms with Crippen molar-refractivity contribution in [3.8, 4) is 5.75 Å². The molecule has 0 unspecified atom stereocenters. The van der Waals surface area contributed by atoms with Crippen molar-refractivity contribution in [3.63, 3.8) is 0 Å². The van der Waals surface area contributed by atoms with Crippen LogP contribution in [0.5, 0.6) is 5.75 Å². The Labute approximate surface area is 180 Å². The highest BCUT2D eigenvalue weighted by Crippen LogP contribution is 2.27. The number of cyclic esters (lactones) is 1. The molecule has 0 aromatic heterocycles. The molecule has 1 aromatic carbocycles. The smallest absolute Gasteiger partial charge is 0.334 e. The van der Waals surface area contributed by atoms with Crippen LogP contribution in [0.1, 0.15) is 39.2 Å². The zero-order chi connectivity index (χ0) is 23.0. The molecule has 1 heterocycles. The van der Waals surface area contributed by atoms with Crippen LogP contribution >= 0.6 is 0 Å². The molecular formula is C23H26O8. The van der Waals surface area contributed by atoms with Crippen molar-refractivity contribution >= 4 is 23.9 Å². The van der Waals surface area contributed by atoms with Gasteiger partial charge in [0, 0.05) is 32.3 Å². The van der Waals surface area contributed by atoms with Crippen LogP contribution in [0.4, 0.5) is 0 Å². The summed E-state index contributed by atoms with van der Waals surface area (Å²) in [6.07, 6.45) is 0.804. The number of benzene rings is 1. The summed E-state index contributed by atoms with van der Waals surface area (Å²) in [5.74, 6) is -1.41. The Balaban J connectivity index is 1.90. The van der Waals surface area contributed by atoms with Crippen LogP contribution in [0.25, 0.3) is 0 Å². The lowest BCUT2D eigenvalue weighted by Gasteiger charge is -2.22. The highest BCUT2D eigenvalue weighted by atomic mass is 16.6. The Morgan fingerprint density at radius 1 is 1.16 bits per heavy atom. The second kappa shape index (κ2) is 11.1. The molecule has 1 aromatic rings. The topological polar surface area (TPSA) is 105 Å². The van der Waals surface area contributed by atoms with Gasteiger partial charge in [-0.2, -0.15) is 0 Å². The van der Waals surface area contributed by atoms with Crippen molar-refractivity contribution in [3.05, 3.63) is 53.6 Å². The van der Waals surface area contributed by atoms with E-state index in [0.29, 0.717) is 23.3 Å². The maximum Gasteiger partial charge on any atom is 0.334 e. The van der Waals surface area contributed by atoms with Gasteiger partial charge in [0.1, 0.15) is 18.5 Å². The Hall–Kier alpha value is -3.42. The molecule has 1 aliphatic heterocycles. The number of aryl methyl sites for hydroxylation is 1. The number of ether oxygens (including phenoxy) is 4. The molecule has 0 N–H and O–H groups in total. The highest BCUT2D eigenvalue weighted by Gasteiger charge is 2.37. The lowest BCUT2D eigenvalue weighted by molar-refractivity contribution is -0.158. The second-order valence-electron chi connectivity index (χ2n) is 7.17. The lowest BCUT2D eigenvalue weighted by Crippen LogP contribution is -2.32. The molecule has 1 fully saturated rings. The van der Waals surface area contributed by atoms with E-state index in [2.05, 4.69) is 6.58 Å². The van der Waals surface area contributed by atoms with Crippen molar-refractivity contribution in [2.75, 3.05) is 6.61 Å². The van der Waals surface area contributed by atoms with E-state index in [1.807, 2.05) is 0 Å². The van der Waals surface area contributed by atoms with Gasteiger partial charge in [0.25, 0.3) is 0 Å². The number of hydrogen-bond acceptors (Lipinski definition) is 8. The molecule has 2 rings (SSSR count). The first kappa shape index (κ1) is 23.9. The molecule has 0 bridgehead atoms. The Kier molecular flexibility index (Phi) is 8.54. The molecule has 166 valence electrons. The van der Waals surface area contributed by atoms with Gasteiger partial charge in [0.2, 0.25) is 0 Å². The second-order valence-corrected chi connectivity index (χ2v) is 7.17. The van der Waals surface area contributed by atoms with E-state index in [9.17, 15) is 19.2 Å². The number of hydrogen-bond donors (Lipinski definition) is 0. The molecule has 1 saturated heterocycles. The van der Waals surface area contributed by atoms with Gasteiger partial charge in [0.05, 0.1) is 0 Å². The number of esters is 4. The fourth-order valence-electron chi connectivity index (χ4n) is 2.98. The third kappa shape index (κ3) is 7.73. The monoisotopic (exact) mass is 430 g/mol. The van der Waals surface area contributed by atoms with E-state index in [1.54, 1.807) is 31.2 Å². The van der Waals surface area contributed by atoms with Crippen LogP contribution in [0.15, 0.2) is 48.1 Å². The summed E-state index contributed by atoms with van der Waals surface area (Å²) in [7, 11) is 0. The molecule has 0 spiro atoms. The van der Waals surface area contributed by atoms with Gasteiger partial charge in [0.15, 0.2) is 6.10 Å². The molecule has 1 aliphatic rings. The van der Waals surface area contributed by atoms with Gasteiger partial charge in [-0.25, -0.2) is 4.79 Å². The minimum Gasteiger partial charge on any atom is -0.462 e. The Morgan fingerprint density at radius 2 is 1.84 bits per heavy atom. The van der Waals surface area contributed by atoms with Crippen LogP contribution in [0.2, 0.25) is 0 Å². The summed E-state index contributed by atoms with van der Waals surface area (Å²) < 4.78 is 20.7. The number of carbonyl (C=O) groups excluding carboxylic acids is 4. The van der Waals surface area contributed by atoms with Crippen molar-refractivity contribution in [2.45, 2.75) is 52.2 Å². The van der Waals surface area contributed by atoms with Crippen LogP contribution in [-0.2, 0) is 39.8 Å². The molecular weight excluding hydrogens is 404 g/mol. The highest BCUT2D eigenvalue weighted by molar-refractivity contribution is 5.91. The lowest BCUT2D eigenvalue weighted by atomic mass is 10.0. The first-order chi connectivity index (χ1) is 14.7. The molecule has 0 saturated carbocycles. The summed E-state index contributed by atoms with van der Waals surface area (Å²) in [5.41, 5.74) is 1.79. The zero-order valence-electron chi connectivity index (χ0n) is 17.8. The van der Waals surface area contributed by atoms with Crippen molar-refractivity contribution in [1.82, 2.24) is 0 Å². The van der Waals surface area contributed by atoms with E-state index in [4.69, 9.17) is 18.9 Å². The van der Waals surface area contributed by atoms with Gasteiger partial charge in [-0.3, -0.25) is 14.4 Å². The minimum absolute atomic E-state index is 0.0275. The first-order valence-corrected chi connectivity index (χ1v) is 9.81. The summed E-state index contributed by atoms with van der Waals surface area (Å²) in [4.78, 5) is 46.2. The summed E-state index contributed by atoms with van der Waals surface area (Å²) >= 11 is 0. The third-order valence-corrected chi connectivity index (χ3v) is 4.44. The van der Waals surface area contributed by atoms with Crippen molar-refractivity contribution < 1.29 is 38.1 Å². The summed E-state index contributed by atoms with van der Waals surface area (Å²) in [5, 5.41) is 0. The van der Waals surface area contributed by atoms with Gasteiger partial charge in [-0.1, -0.05) is 18.7 Å². The fraction of sp³-hybridized carbons (Fsp3) is 0.391. The van der Waals surface area contributed by atoms with Crippen LogP contribution in [0.3, 0.4) is 0 Å². The Morgan fingerprint density at radius 3 is 2.42 bits per heavy atom. The Bertz CT molecular complexity index is 881. The minimum atomic E-state index is -0.776. The van der Waals surface area contributed by atoms with Gasteiger partial charge >= 0.3 is 23.9 Å². The van der Waals surface area contributed by atoms with Crippen molar-refractivity contribution in [2.24, 2.45) is 0 Å². The standard InChI is InChI=1S/C23H26O8/c1-14(2)22(20-13-18(23(27)30-20)11-12-28-15(3)24)31-21(26)10-7-17-5-8-19(9-6-17)29-16(4)25/h5-6,8-9,11,20,22H,1,7,10,12-13H2,2-4H3/b18-11-/t20-,22+/m0/s1. The van der Waals surface area contributed by atoms with E-state index < -0.39 is 36.1 Å². The first-order valence-electron chi connectivity index (χ1n) is 9.81. The molecule has 8 nitrogen and oxygen atoms in total. The zero-order valence-corrected chi connectivity index (χ0v) is 17.8. The molecule has 2 atom stereocenters. The van der Waals surface area contributed by atoms with Gasteiger partial charge < -0.3 is 18.9 Å². The fourth-order valence-corrected chi connectivity index (χ4v) is 2.98. The van der Waals surface area contributed by atoms with Crippen LogP contribution < -0.4 is 4.74 Å². The summed E-state index contributed by atoms with van der Waals surface area (Å²) in [6, 6.07) is 6.84. The molecule has 8 heteroatoms. The maximum atomic E-state index is 12.4. The average Bonchev–Trinajstić information content (AvgIpc) is 3.05. The molecule has 0 radical (unpaired) electrons. The molecule has 0 aliphatic carbocycles. The third-order valence-electron chi connectivity index (χ3n) is 4.44. The predicted molar refractivity (Wildman–Crippen MR) is 110 cm³/mol. The average molecular weight is 430 g/mol. The maximum absolute atomic E-state index is 12.4. The van der Waals surface area contributed by atoms with E-state index in [-0.39, 0.29) is 19.4 Å². The van der Waals surface area contributed by atoms with E-state index in [1.165, 1.54) is 19.9 Å². The van der Waals surface area contributed by atoms with E-state index >= 15 is 0 Å².